The van der Waals surface area contributed by atoms with Gasteiger partial charge in [0.25, 0.3) is 0 Å². The van der Waals surface area contributed by atoms with Crippen molar-refractivity contribution >= 4 is 12.0 Å². The average molecular weight is 349 g/mol. The van der Waals surface area contributed by atoms with E-state index in [1.165, 1.54) is 6.08 Å². The zero-order valence-electron chi connectivity index (χ0n) is 15.8. The molecule has 0 atom stereocenters. The van der Waals surface area contributed by atoms with Gasteiger partial charge >= 0.3 is 5.97 Å². The molecule has 4 nitrogen and oxygen atoms in total. The highest BCUT2D eigenvalue weighted by molar-refractivity contribution is 5.99. The summed E-state index contributed by atoms with van der Waals surface area (Å²) in [6.07, 6.45) is 1.48. The van der Waals surface area contributed by atoms with Crippen molar-refractivity contribution in [2.75, 3.05) is 7.11 Å². The summed E-state index contributed by atoms with van der Waals surface area (Å²) in [5, 5.41) is 9.41. The van der Waals surface area contributed by atoms with Crippen LogP contribution in [-0.2, 0) is 10.2 Å². The number of hydrogen-bond acceptors (Lipinski definition) is 4. The maximum atomic E-state index is 12.6. The molecule has 0 unspecified atom stereocenters. The highest BCUT2D eigenvalue weighted by Gasteiger charge is 2.22. The largest absolute Gasteiger partial charge is 0.496 e. The lowest BCUT2D eigenvalue weighted by atomic mass is 9.85. The molecule has 0 aromatic heterocycles. The molecule has 0 aliphatic carbocycles. The molecule has 0 heterocycles. The van der Waals surface area contributed by atoms with Crippen LogP contribution in [0.4, 0.5) is 0 Å². The van der Waals surface area contributed by atoms with Gasteiger partial charge in [0.15, 0.2) is 0 Å². The van der Waals surface area contributed by atoms with Gasteiger partial charge in [-0.25, -0.2) is 4.79 Å². The number of nitriles is 1. The lowest BCUT2D eigenvalue weighted by molar-refractivity contribution is -0.129. The van der Waals surface area contributed by atoms with E-state index < -0.39 is 5.97 Å². The van der Waals surface area contributed by atoms with E-state index in [0.717, 1.165) is 11.1 Å². The predicted octanol–water partition coefficient (Wildman–Crippen LogP) is 4.81. The second-order valence-electron chi connectivity index (χ2n) is 7.05. The Hall–Kier alpha value is -3.06. The van der Waals surface area contributed by atoms with Gasteiger partial charge in [-0.05, 0) is 30.5 Å². The first-order valence-electron chi connectivity index (χ1n) is 8.34. The monoisotopic (exact) mass is 349 g/mol. The summed E-state index contributed by atoms with van der Waals surface area (Å²) in [5.41, 5.74) is 2.36. The van der Waals surface area contributed by atoms with E-state index in [1.54, 1.807) is 25.3 Å². The molecule has 2 aromatic carbocycles. The molecular formula is C22H23NO3. The molecule has 0 bridgehead atoms. The van der Waals surface area contributed by atoms with Crippen LogP contribution in [-0.4, -0.2) is 13.1 Å². The summed E-state index contributed by atoms with van der Waals surface area (Å²) in [7, 11) is 1.54. The molecule has 0 aliphatic heterocycles. The second kappa shape index (κ2) is 7.88. The van der Waals surface area contributed by atoms with Crippen LogP contribution in [0.1, 0.15) is 37.5 Å². The van der Waals surface area contributed by atoms with E-state index in [0.29, 0.717) is 17.1 Å². The SMILES string of the molecule is COc1ccccc1/C=C(\C#N)C(=O)Oc1ccc(C)cc1C(C)(C)C. The van der Waals surface area contributed by atoms with Crippen LogP contribution in [0.3, 0.4) is 0 Å². The van der Waals surface area contributed by atoms with Crippen molar-refractivity contribution < 1.29 is 14.3 Å². The fourth-order valence-electron chi connectivity index (χ4n) is 2.55. The highest BCUT2D eigenvalue weighted by Crippen LogP contribution is 2.32. The number of ether oxygens (including phenoxy) is 2. The number of carbonyl (C=O) groups is 1. The normalized spacial score (nSPS) is 11.6. The lowest BCUT2D eigenvalue weighted by Crippen LogP contribution is -2.17. The zero-order valence-corrected chi connectivity index (χ0v) is 15.8. The predicted molar refractivity (Wildman–Crippen MR) is 102 cm³/mol. The summed E-state index contributed by atoms with van der Waals surface area (Å²) in [5.74, 6) is 0.362. The summed E-state index contributed by atoms with van der Waals surface area (Å²) in [4.78, 5) is 12.6. The molecule has 0 amide bonds. The van der Waals surface area contributed by atoms with E-state index in [4.69, 9.17) is 9.47 Å². The Morgan fingerprint density at radius 1 is 1.12 bits per heavy atom. The number of nitrogens with zero attached hydrogens (tertiary/aromatic N) is 1. The number of para-hydroxylation sites is 1. The Balaban J connectivity index is 2.37. The molecule has 0 radical (unpaired) electrons. The molecule has 0 aliphatic rings. The molecule has 0 N–H and O–H groups in total. The summed E-state index contributed by atoms with van der Waals surface area (Å²) in [6.45, 7) is 8.14. The van der Waals surface area contributed by atoms with Crippen molar-refractivity contribution in [2.24, 2.45) is 0 Å². The van der Waals surface area contributed by atoms with Crippen LogP contribution in [0.5, 0.6) is 11.5 Å². The highest BCUT2D eigenvalue weighted by atomic mass is 16.5. The molecule has 2 aromatic rings. The van der Waals surface area contributed by atoms with Gasteiger partial charge in [0.05, 0.1) is 7.11 Å². The molecule has 0 fully saturated rings. The van der Waals surface area contributed by atoms with Crippen molar-refractivity contribution in [1.82, 2.24) is 0 Å². The van der Waals surface area contributed by atoms with E-state index in [1.807, 2.05) is 37.3 Å². The van der Waals surface area contributed by atoms with Crippen molar-refractivity contribution in [2.45, 2.75) is 33.1 Å². The quantitative estimate of drug-likeness (QED) is 0.344. The van der Waals surface area contributed by atoms with E-state index >= 15 is 0 Å². The van der Waals surface area contributed by atoms with Crippen LogP contribution >= 0.6 is 0 Å². The smallest absolute Gasteiger partial charge is 0.354 e. The van der Waals surface area contributed by atoms with Gasteiger partial charge in [0.1, 0.15) is 23.1 Å². The minimum Gasteiger partial charge on any atom is -0.496 e. The lowest BCUT2D eigenvalue weighted by Gasteiger charge is -2.22. The molecule has 0 spiro atoms. The molecule has 26 heavy (non-hydrogen) atoms. The minimum absolute atomic E-state index is 0.0880. The van der Waals surface area contributed by atoms with Crippen LogP contribution in [0.25, 0.3) is 6.08 Å². The fourth-order valence-corrected chi connectivity index (χ4v) is 2.55. The van der Waals surface area contributed by atoms with Gasteiger partial charge < -0.3 is 9.47 Å². The topological polar surface area (TPSA) is 59.3 Å². The van der Waals surface area contributed by atoms with Crippen molar-refractivity contribution in [3.63, 3.8) is 0 Å². The van der Waals surface area contributed by atoms with Crippen LogP contribution in [0, 0.1) is 18.3 Å². The van der Waals surface area contributed by atoms with Crippen molar-refractivity contribution in [3.05, 3.63) is 64.7 Å². The maximum Gasteiger partial charge on any atom is 0.354 e. The second-order valence-corrected chi connectivity index (χ2v) is 7.05. The van der Waals surface area contributed by atoms with E-state index in [2.05, 4.69) is 20.8 Å². The number of aryl methyl sites for hydroxylation is 1. The fraction of sp³-hybridized carbons (Fsp3) is 0.273. The number of carbonyl (C=O) groups excluding carboxylic acids is 1. The van der Waals surface area contributed by atoms with Gasteiger partial charge in [0, 0.05) is 11.1 Å². The first kappa shape index (κ1) is 19.3. The molecule has 134 valence electrons. The standard InChI is InChI=1S/C22H23NO3/c1-15-10-11-20(18(12-15)22(2,3)4)26-21(24)17(14-23)13-16-8-6-7-9-19(16)25-5/h6-13H,1-5H3/b17-13+. The Morgan fingerprint density at radius 3 is 2.42 bits per heavy atom. The summed E-state index contributed by atoms with van der Waals surface area (Å²) >= 11 is 0. The Bertz CT molecular complexity index is 883. The molecular weight excluding hydrogens is 326 g/mol. The Labute approximate surface area is 154 Å². The van der Waals surface area contributed by atoms with Gasteiger partial charge in [-0.2, -0.15) is 5.26 Å². The first-order chi connectivity index (χ1) is 12.3. The van der Waals surface area contributed by atoms with E-state index in [9.17, 15) is 10.1 Å². The number of rotatable bonds is 4. The third kappa shape index (κ3) is 4.52. The summed E-state index contributed by atoms with van der Waals surface area (Å²) < 4.78 is 10.8. The number of benzene rings is 2. The molecule has 0 saturated heterocycles. The first-order valence-corrected chi connectivity index (χ1v) is 8.34. The van der Waals surface area contributed by atoms with Gasteiger partial charge in [-0.15, -0.1) is 0 Å². The van der Waals surface area contributed by atoms with Crippen molar-refractivity contribution in [3.8, 4) is 17.6 Å². The van der Waals surface area contributed by atoms with Gasteiger partial charge in [-0.1, -0.05) is 56.7 Å². The van der Waals surface area contributed by atoms with E-state index in [-0.39, 0.29) is 11.0 Å². The van der Waals surface area contributed by atoms with Crippen LogP contribution < -0.4 is 9.47 Å². The third-order valence-corrected chi connectivity index (χ3v) is 3.92. The third-order valence-electron chi connectivity index (χ3n) is 3.92. The number of methoxy groups -OCH3 is 1. The van der Waals surface area contributed by atoms with Gasteiger partial charge in [0.2, 0.25) is 0 Å². The van der Waals surface area contributed by atoms with Crippen molar-refractivity contribution in [1.29, 1.82) is 5.26 Å². The molecule has 2 rings (SSSR count). The van der Waals surface area contributed by atoms with Crippen LogP contribution in [0.15, 0.2) is 48.0 Å². The Kier molecular flexibility index (Phi) is 5.84. The molecule has 0 saturated carbocycles. The number of esters is 1. The minimum atomic E-state index is -0.687. The number of hydrogen-bond donors (Lipinski definition) is 0. The average Bonchev–Trinajstić information content (AvgIpc) is 2.60. The zero-order chi connectivity index (χ0) is 19.3. The summed E-state index contributed by atoms with van der Waals surface area (Å²) in [6, 6.07) is 14.7. The maximum absolute atomic E-state index is 12.6. The Morgan fingerprint density at radius 2 is 1.81 bits per heavy atom. The van der Waals surface area contributed by atoms with Crippen LogP contribution in [0.2, 0.25) is 0 Å². The molecule has 4 heteroatoms. The van der Waals surface area contributed by atoms with Gasteiger partial charge in [-0.3, -0.25) is 0 Å².